The number of hydrogen-bond acceptors (Lipinski definition) is 4. The van der Waals surface area contributed by atoms with Crippen LogP contribution in [-0.4, -0.2) is 0 Å². The average Bonchev–Trinajstić information content (AvgIpc) is 3.02. The lowest BCUT2D eigenvalue weighted by Gasteiger charge is -2.20. The summed E-state index contributed by atoms with van der Waals surface area (Å²) < 4.78 is 28.3. The first-order valence-corrected chi connectivity index (χ1v) is 28.1. The van der Waals surface area contributed by atoms with Gasteiger partial charge in [0, 0.05) is 87.2 Å². The van der Waals surface area contributed by atoms with Gasteiger partial charge in [-0.1, -0.05) is 206 Å². The lowest BCUT2D eigenvalue weighted by Crippen LogP contribution is -1.93. The monoisotopic (exact) mass is 1040 g/mol. The van der Waals surface area contributed by atoms with Gasteiger partial charge in [-0.05, 0) is 114 Å². The molecule has 0 bridgehead atoms. The molecule has 378 valence electrons. The van der Waals surface area contributed by atoms with Gasteiger partial charge in [0.2, 0.25) is 0 Å². The molecule has 0 N–H and O–H groups in total. The molecule has 4 nitrogen and oxygen atoms in total. The van der Waals surface area contributed by atoms with Crippen LogP contribution in [0.15, 0.2) is 272 Å². The minimum Gasteiger partial charge on any atom is -0.456 e. The Labute approximate surface area is 466 Å². The molecule has 4 aromatic heterocycles. The van der Waals surface area contributed by atoms with Crippen LogP contribution in [0.1, 0.15) is 0 Å². The second-order valence-corrected chi connectivity index (χ2v) is 22.0. The fourth-order valence-corrected chi connectivity index (χ4v) is 14.5. The Morgan fingerprint density at radius 1 is 0.183 bits per heavy atom. The minimum absolute atomic E-state index is 0.831. The van der Waals surface area contributed by atoms with Gasteiger partial charge < -0.3 is 17.7 Å². The molecule has 0 radical (unpaired) electrons. The van der Waals surface area contributed by atoms with Gasteiger partial charge in [0.25, 0.3) is 0 Å². The van der Waals surface area contributed by atoms with E-state index in [9.17, 15) is 0 Å². The van der Waals surface area contributed by atoms with Crippen molar-refractivity contribution < 1.29 is 17.7 Å². The van der Waals surface area contributed by atoms with Crippen LogP contribution in [0.3, 0.4) is 0 Å². The summed E-state index contributed by atoms with van der Waals surface area (Å²) >= 11 is 0. The molecule has 15 aromatic carbocycles. The molecule has 4 heteroatoms. The van der Waals surface area contributed by atoms with Gasteiger partial charge in [-0.2, -0.15) is 0 Å². The number of hydrogen-bond donors (Lipinski definition) is 0. The van der Waals surface area contributed by atoms with Crippen molar-refractivity contribution in [3.63, 3.8) is 0 Å². The maximum Gasteiger partial charge on any atom is 0.143 e. The molecule has 0 spiro atoms. The van der Waals surface area contributed by atoms with E-state index in [1.807, 2.05) is 6.07 Å². The van der Waals surface area contributed by atoms with Crippen molar-refractivity contribution >= 4 is 152 Å². The first-order chi connectivity index (χ1) is 40.7. The highest BCUT2D eigenvalue weighted by molar-refractivity contribution is 6.39. The normalized spacial score (nSPS) is 12.4. The predicted molar refractivity (Wildman–Crippen MR) is 342 cm³/mol. The van der Waals surface area contributed by atoms with E-state index >= 15 is 0 Å². The molecule has 82 heavy (non-hydrogen) atoms. The van der Waals surface area contributed by atoms with Gasteiger partial charge in [-0.3, -0.25) is 0 Å². The predicted octanol–water partition coefficient (Wildman–Crippen LogP) is 22.9. The van der Waals surface area contributed by atoms with Gasteiger partial charge in [0.15, 0.2) is 0 Å². The van der Waals surface area contributed by atoms with Crippen molar-refractivity contribution in [1.82, 2.24) is 0 Å². The largest absolute Gasteiger partial charge is 0.456 e. The van der Waals surface area contributed by atoms with Crippen molar-refractivity contribution in [2.45, 2.75) is 0 Å². The van der Waals surface area contributed by atoms with Crippen LogP contribution in [0.2, 0.25) is 0 Å². The maximum absolute atomic E-state index is 7.33. The van der Waals surface area contributed by atoms with E-state index in [-0.39, 0.29) is 0 Å². The Bertz CT molecular complexity index is 5890. The molecule has 0 aliphatic heterocycles. The fourth-order valence-electron chi connectivity index (χ4n) is 14.5. The maximum atomic E-state index is 7.33. The molecule has 19 aromatic rings. The Morgan fingerprint density at radius 2 is 0.476 bits per heavy atom. The molecule has 0 saturated carbocycles. The SMILES string of the molecule is c1ccc(-c2c3ccccc3c(-c3cc4cc(-c5c6ccccc6c(-c6cc7ccc8oc9ccccc9c8c7c7c6oc6ccccc67)c6ccccc56)c5oc6ccccc6c5c4c4c3oc3ccccc34)c3ccccc23)cc1. The molecule has 0 atom stereocenters. The standard InChI is InChI=1S/C78H42O4/c1-2-20-43(21-3-1)66-46-22-4-6-24-48(46)69(49-25-7-5-23-47(49)66)59-41-45-42-60(78-75(57-33-15-19-37-64(57)82-78)68(45)74-56-32-14-18-36-63(56)81-77(59)74)71-52-28-10-8-26-50(52)70(51-27-9-11-29-53(51)71)58-40-44-38-39-65-72(54-30-12-16-34-61(54)79-65)67(44)73-55-31-13-17-35-62(55)80-76(58)73/h1-42H. The summed E-state index contributed by atoms with van der Waals surface area (Å²) in [5.74, 6) is 0. The highest BCUT2D eigenvalue weighted by Gasteiger charge is 2.29. The zero-order valence-electron chi connectivity index (χ0n) is 43.9. The number of rotatable bonds is 4. The summed E-state index contributed by atoms with van der Waals surface area (Å²) in [5, 5.41) is 22.2. The smallest absolute Gasteiger partial charge is 0.143 e. The lowest BCUT2D eigenvalue weighted by atomic mass is 9.82. The number of benzene rings is 15. The van der Waals surface area contributed by atoms with Crippen molar-refractivity contribution in [3.8, 4) is 44.5 Å². The molecule has 4 heterocycles. The summed E-state index contributed by atoms with van der Waals surface area (Å²) in [6.07, 6.45) is 0. The Kier molecular flexibility index (Phi) is 8.76. The summed E-state index contributed by atoms with van der Waals surface area (Å²) in [6.45, 7) is 0. The van der Waals surface area contributed by atoms with Crippen molar-refractivity contribution in [1.29, 1.82) is 0 Å². The highest BCUT2D eigenvalue weighted by atomic mass is 16.3. The lowest BCUT2D eigenvalue weighted by molar-refractivity contribution is 0.669. The van der Waals surface area contributed by atoms with Crippen LogP contribution in [0.5, 0.6) is 0 Å². The zero-order valence-corrected chi connectivity index (χ0v) is 43.9. The van der Waals surface area contributed by atoms with Crippen molar-refractivity contribution in [3.05, 3.63) is 255 Å². The van der Waals surface area contributed by atoms with E-state index in [1.54, 1.807) is 0 Å². The third-order valence-corrected chi connectivity index (χ3v) is 17.8. The van der Waals surface area contributed by atoms with E-state index < -0.39 is 0 Å². The number of furan rings is 4. The molecule has 0 amide bonds. The van der Waals surface area contributed by atoms with Crippen LogP contribution < -0.4 is 0 Å². The summed E-state index contributed by atoms with van der Waals surface area (Å²) in [6, 6.07) is 91.8. The summed E-state index contributed by atoms with van der Waals surface area (Å²) in [7, 11) is 0. The zero-order chi connectivity index (χ0) is 53.3. The van der Waals surface area contributed by atoms with Crippen LogP contribution in [0.4, 0.5) is 0 Å². The first-order valence-electron chi connectivity index (χ1n) is 28.1. The molecule has 19 rings (SSSR count). The van der Waals surface area contributed by atoms with Crippen LogP contribution in [-0.2, 0) is 0 Å². The van der Waals surface area contributed by atoms with Gasteiger partial charge in [0.05, 0.1) is 0 Å². The quantitative estimate of drug-likeness (QED) is 0.165. The third kappa shape index (κ3) is 5.84. The summed E-state index contributed by atoms with van der Waals surface area (Å²) in [5.41, 5.74) is 15.7. The van der Waals surface area contributed by atoms with E-state index in [1.165, 1.54) is 32.7 Å². The van der Waals surface area contributed by atoms with Gasteiger partial charge in [0.1, 0.15) is 44.7 Å². The Hall–Kier alpha value is -10.9. The minimum atomic E-state index is 0.831. The van der Waals surface area contributed by atoms with Gasteiger partial charge in [-0.25, -0.2) is 0 Å². The molecule has 0 aliphatic carbocycles. The molecule has 0 fully saturated rings. The van der Waals surface area contributed by atoms with Gasteiger partial charge in [-0.15, -0.1) is 0 Å². The molecule has 0 aliphatic rings. The second-order valence-electron chi connectivity index (χ2n) is 22.0. The molecular formula is C78H42O4. The Morgan fingerprint density at radius 3 is 0.866 bits per heavy atom. The third-order valence-electron chi connectivity index (χ3n) is 17.8. The molecular weight excluding hydrogens is 1000 g/mol. The first kappa shape index (κ1) is 44.0. The van der Waals surface area contributed by atoms with E-state index in [2.05, 4.69) is 249 Å². The highest BCUT2D eigenvalue weighted by Crippen LogP contribution is 2.55. The fraction of sp³-hybridized carbons (Fsp3) is 0. The van der Waals surface area contributed by atoms with Crippen LogP contribution >= 0.6 is 0 Å². The van der Waals surface area contributed by atoms with Crippen molar-refractivity contribution in [2.75, 3.05) is 0 Å². The summed E-state index contributed by atoms with van der Waals surface area (Å²) in [4.78, 5) is 0. The number of para-hydroxylation sites is 4. The topological polar surface area (TPSA) is 52.6 Å². The number of fused-ring (bicyclic) bond motifs is 22. The van der Waals surface area contributed by atoms with E-state index in [0.717, 1.165) is 164 Å². The Balaban J connectivity index is 0.965. The van der Waals surface area contributed by atoms with E-state index in [0.29, 0.717) is 0 Å². The van der Waals surface area contributed by atoms with Crippen LogP contribution in [0.25, 0.3) is 197 Å². The molecule has 0 unspecified atom stereocenters. The average molecular weight is 1040 g/mol. The molecule has 0 saturated heterocycles. The van der Waals surface area contributed by atoms with Gasteiger partial charge >= 0.3 is 0 Å². The van der Waals surface area contributed by atoms with Crippen molar-refractivity contribution in [2.24, 2.45) is 0 Å². The van der Waals surface area contributed by atoms with E-state index in [4.69, 9.17) is 17.7 Å². The second kappa shape index (κ2) is 16.3. The van der Waals surface area contributed by atoms with Crippen LogP contribution in [0, 0.1) is 0 Å².